The summed E-state index contributed by atoms with van der Waals surface area (Å²) < 4.78 is 5.73. The molecule has 0 heterocycles. The van der Waals surface area contributed by atoms with Gasteiger partial charge in [-0.2, -0.15) is 0 Å². The second-order valence-electron chi connectivity index (χ2n) is 5.43. The SMILES string of the molecule is CNCc1cccc(OC(C)C(=O)NC2CCCC2)c1. The van der Waals surface area contributed by atoms with Crippen LogP contribution in [0.2, 0.25) is 0 Å². The molecule has 20 heavy (non-hydrogen) atoms. The maximum absolute atomic E-state index is 12.1. The number of benzene rings is 1. The van der Waals surface area contributed by atoms with Gasteiger partial charge in [-0.3, -0.25) is 4.79 Å². The fourth-order valence-electron chi connectivity index (χ4n) is 2.58. The summed E-state index contributed by atoms with van der Waals surface area (Å²) >= 11 is 0. The largest absolute Gasteiger partial charge is 0.481 e. The highest BCUT2D eigenvalue weighted by Crippen LogP contribution is 2.18. The number of carbonyl (C=O) groups is 1. The van der Waals surface area contributed by atoms with Crippen LogP contribution in [0.15, 0.2) is 24.3 Å². The molecule has 0 aromatic heterocycles. The van der Waals surface area contributed by atoms with Crippen molar-refractivity contribution in [2.24, 2.45) is 0 Å². The first-order valence-corrected chi connectivity index (χ1v) is 7.39. The maximum Gasteiger partial charge on any atom is 0.260 e. The zero-order chi connectivity index (χ0) is 14.4. The van der Waals surface area contributed by atoms with Crippen molar-refractivity contribution < 1.29 is 9.53 Å². The topological polar surface area (TPSA) is 50.4 Å². The fourth-order valence-corrected chi connectivity index (χ4v) is 2.58. The molecular formula is C16H24N2O2. The van der Waals surface area contributed by atoms with Crippen molar-refractivity contribution in [3.05, 3.63) is 29.8 Å². The van der Waals surface area contributed by atoms with Crippen molar-refractivity contribution in [1.82, 2.24) is 10.6 Å². The molecule has 2 rings (SSSR count). The number of carbonyl (C=O) groups excluding carboxylic acids is 1. The lowest BCUT2D eigenvalue weighted by Crippen LogP contribution is -2.41. The molecule has 0 bridgehead atoms. The molecule has 1 unspecified atom stereocenters. The summed E-state index contributed by atoms with van der Waals surface area (Å²) in [6, 6.07) is 8.18. The quantitative estimate of drug-likeness (QED) is 0.837. The average molecular weight is 276 g/mol. The van der Waals surface area contributed by atoms with Crippen molar-refractivity contribution in [2.75, 3.05) is 7.05 Å². The van der Waals surface area contributed by atoms with Crippen LogP contribution in [0, 0.1) is 0 Å². The molecule has 1 aliphatic carbocycles. The highest BCUT2D eigenvalue weighted by Gasteiger charge is 2.21. The molecule has 0 radical (unpaired) electrons. The van der Waals surface area contributed by atoms with Gasteiger partial charge in [-0.15, -0.1) is 0 Å². The smallest absolute Gasteiger partial charge is 0.260 e. The lowest BCUT2D eigenvalue weighted by Gasteiger charge is -2.18. The number of amides is 1. The van der Waals surface area contributed by atoms with E-state index in [9.17, 15) is 4.79 Å². The molecule has 110 valence electrons. The van der Waals surface area contributed by atoms with Gasteiger partial charge in [0.05, 0.1) is 0 Å². The minimum absolute atomic E-state index is 0.0177. The zero-order valence-corrected chi connectivity index (χ0v) is 12.3. The Morgan fingerprint density at radius 1 is 1.40 bits per heavy atom. The van der Waals surface area contributed by atoms with E-state index in [4.69, 9.17) is 4.74 Å². The van der Waals surface area contributed by atoms with Crippen molar-refractivity contribution in [3.8, 4) is 5.75 Å². The normalized spacial score (nSPS) is 16.9. The van der Waals surface area contributed by atoms with E-state index >= 15 is 0 Å². The molecule has 0 spiro atoms. The number of hydrogen-bond acceptors (Lipinski definition) is 3. The van der Waals surface area contributed by atoms with Gasteiger partial charge in [0, 0.05) is 12.6 Å². The fraction of sp³-hybridized carbons (Fsp3) is 0.562. The first kappa shape index (κ1) is 14.9. The van der Waals surface area contributed by atoms with Crippen LogP contribution in [0.25, 0.3) is 0 Å². The summed E-state index contributed by atoms with van der Waals surface area (Å²) in [6.07, 6.45) is 4.16. The van der Waals surface area contributed by atoms with Gasteiger partial charge in [-0.25, -0.2) is 0 Å². The summed E-state index contributed by atoms with van der Waals surface area (Å²) in [6.45, 7) is 2.59. The number of rotatable bonds is 6. The first-order chi connectivity index (χ1) is 9.69. The summed E-state index contributed by atoms with van der Waals surface area (Å²) in [5.41, 5.74) is 1.15. The molecule has 1 atom stereocenters. The van der Waals surface area contributed by atoms with Crippen molar-refractivity contribution >= 4 is 5.91 Å². The van der Waals surface area contributed by atoms with Gasteiger partial charge in [0.1, 0.15) is 5.75 Å². The Kier molecular flexibility index (Phi) is 5.41. The van der Waals surface area contributed by atoms with Crippen LogP contribution in [0.1, 0.15) is 38.2 Å². The van der Waals surface area contributed by atoms with E-state index < -0.39 is 6.10 Å². The van der Waals surface area contributed by atoms with E-state index in [1.54, 1.807) is 6.92 Å². The molecule has 1 amide bonds. The number of hydrogen-bond donors (Lipinski definition) is 2. The Labute approximate surface area is 120 Å². The van der Waals surface area contributed by atoms with Gasteiger partial charge in [0.2, 0.25) is 0 Å². The van der Waals surface area contributed by atoms with E-state index in [1.807, 2.05) is 31.3 Å². The molecule has 4 heteroatoms. The number of nitrogens with one attached hydrogen (secondary N) is 2. The van der Waals surface area contributed by atoms with Gasteiger partial charge in [0.25, 0.3) is 5.91 Å². The van der Waals surface area contributed by atoms with Crippen LogP contribution in [0.4, 0.5) is 0 Å². The van der Waals surface area contributed by atoms with Gasteiger partial charge in [-0.1, -0.05) is 25.0 Å². The second-order valence-corrected chi connectivity index (χ2v) is 5.43. The number of ether oxygens (including phenoxy) is 1. The van der Waals surface area contributed by atoms with E-state index in [0.29, 0.717) is 6.04 Å². The van der Waals surface area contributed by atoms with Crippen LogP contribution in [0.5, 0.6) is 5.75 Å². The maximum atomic E-state index is 12.1. The molecule has 4 nitrogen and oxygen atoms in total. The zero-order valence-electron chi connectivity index (χ0n) is 12.3. The van der Waals surface area contributed by atoms with Gasteiger partial charge in [-0.05, 0) is 44.5 Å². The van der Waals surface area contributed by atoms with Crippen LogP contribution in [0.3, 0.4) is 0 Å². The van der Waals surface area contributed by atoms with E-state index in [-0.39, 0.29) is 5.91 Å². The van der Waals surface area contributed by atoms with Crippen LogP contribution in [-0.4, -0.2) is 25.1 Å². The monoisotopic (exact) mass is 276 g/mol. The lowest BCUT2D eigenvalue weighted by molar-refractivity contribution is -0.127. The minimum atomic E-state index is -0.458. The Morgan fingerprint density at radius 3 is 2.85 bits per heavy atom. The molecular weight excluding hydrogens is 252 g/mol. The van der Waals surface area contributed by atoms with Gasteiger partial charge < -0.3 is 15.4 Å². The van der Waals surface area contributed by atoms with Gasteiger partial charge in [0.15, 0.2) is 6.10 Å². The summed E-state index contributed by atoms with van der Waals surface area (Å²) in [4.78, 5) is 12.1. The van der Waals surface area contributed by atoms with Gasteiger partial charge >= 0.3 is 0 Å². The second kappa shape index (κ2) is 7.29. The minimum Gasteiger partial charge on any atom is -0.481 e. The van der Waals surface area contributed by atoms with Crippen molar-refractivity contribution in [3.63, 3.8) is 0 Å². The molecule has 0 saturated heterocycles. The molecule has 1 aromatic rings. The predicted molar refractivity (Wildman–Crippen MR) is 79.7 cm³/mol. The standard InChI is InChI=1S/C16H24N2O2/c1-12(16(19)18-14-7-3-4-8-14)20-15-9-5-6-13(10-15)11-17-2/h5-6,9-10,12,14,17H,3-4,7-8,11H2,1-2H3,(H,18,19). The molecule has 1 aromatic carbocycles. The van der Waals surface area contributed by atoms with Crippen molar-refractivity contribution in [2.45, 2.75) is 51.3 Å². The third-order valence-corrected chi connectivity index (χ3v) is 3.66. The van der Waals surface area contributed by atoms with Crippen LogP contribution >= 0.6 is 0 Å². The average Bonchev–Trinajstić information content (AvgIpc) is 2.92. The molecule has 1 aliphatic rings. The summed E-state index contributed by atoms with van der Waals surface area (Å²) in [5, 5.41) is 6.16. The third kappa shape index (κ3) is 4.23. The third-order valence-electron chi connectivity index (χ3n) is 3.66. The van der Waals surface area contributed by atoms with Crippen LogP contribution in [-0.2, 0) is 11.3 Å². The molecule has 1 fully saturated rings. The van der Waals surface area contributed by atoms with Crippen molar-refractivity contribution in [1.29, 1.82) is 0 Å². The molecule has 0 aliphatic heterocycles. The van der Waals surface area contributed by atoms with E-state index in [2.05, 4.69) is 10.6 Å². The Balaban J connectivity index is 1.87. The highest BCUT2D eigenvalue weighted by molar-refractivity contribution is 5.81. The molecule has 1 saturated carbocycles. The van der Waals surface area contributed by atoms with E-state index in [1.165, 1.54) is 12.8 Å². The Bertz CT molecular complexity index is 442. The summed E-state index contributed by atoms with van der Waals surface area (Å²) in [5.74, 6) is 0.725. The Hall–Kier alpha value is -1.55. The molecule has 2 N–H and O–H groups in total. The lowest BCUT2D eigenvalue weighted by atomic mass is 10.2. The Morgan fingerprint density at radius 2 is 2.15 bits per heavy atom. The van der Waals surface area contributed by atoms with Crippen LogP contribution < -0.4 is 15.4 Å². The summed E-state index contributed by atoms with van der Waals surface area (Å²) in [7, 11) is 1.91. The predicted octanol–water partition coefficient (Wildman–Crippen LogP) is 2.23. The highest BCUT2D eigenvalue weighted by atomic mass is 16.5. The van der Waals surface area contributed by atoms with E-state index in [0.717, 1.165) is 30.7 Å². The first-order valence-electron chi connectivity index (χ1n) is 7.39.